The fourth-order valence-electron chi connectivity index (χ4n) is 3.50. The Morgan fingerprint density at radius 2 is 1.82 bits per heavy atom. The lowest BCUT2D eigenvalue weighted by atomic mass is 9.87. The summed E-state index contributed by atoms with van der Waals surface area (Å²) in [7, 11) is 0. The highest BCUT2D eigenvalue weighted by Crippen LogP contribution is 2.34. The number of aromatic amines is 1. The molecule has 4 rings (SSSR count). The number of H-pyrrole nitrogens is 1. The van der Waals surface area contributed by atoms with E-state index in [-0.39, 0.29) is 23.8 Å². The molecule has 0 saturated heterocycles. The maximum atomic E-state index is 12.5. The third-order valence-electron chi connectivity index (χ3n) is 5.01. The molecule has 0 fully saturated rings. The third kappa shape index (κ3) is 3.53. The molecule has 1 aliphatic rings. The van der Waals surface area contributed by atoms with E-state index in [1.54, 1.807) is 6.92 Å². The number of fused-ring (bicyclic) bond motifs is 1. The van der Waals surface area contributed by atoms with Gasteiger partial charge in [-0.25, -0.2) is 4.98 Å². The van der Waals surface area contributed by atoms with E-state index in [4.69, 9.17) is 4.74 Å². The third-order valence-corrected chi connectivity index (χ3v) is 5.01. The van der Waals surface area contributed by atoms with Gasteiger partial charge in [-0.1, -0.05) is 36.4 Å². The Bertz CT molecular complexity index is 1090. The zero-order chi connectivity index (χ0) is 19.7. The fourth-order valence-corrected chi connectivity index (χ4v) is 3.50. The zero-order valence-electron chi connectivity index (χ0n) is 15.8. The smallest absolute Gasteiger partial charge is 0.256 e. The van der Waals surface area contributed by atoms with Gasteiger partial charge >= 0.3 is 0 Å². The Morgan fingerprint density at radius 3 is 2.57 bits per heavy atom. The predicted octanol–water partition coefficient (Wildman–Crippen LogP) is 3.44. The minimum Gasteiger partial charge on any atom is -0.489 e. The van der Waals surface area contributed by atoms with E-state index in [9.17, 15) is 9.59 Å². The van der Waals surface area contributed by atoms with Crippen molar-refractivity contribution < 1.29 is 9.53 Å². The van der Waals surface area contributed by atoms with E-state index < -0.39 is 0 Å². The molecule has 1 aliphatic heterocycles. The van der Waals surface area contributed by atoms with E-state index in [1.165, 1.54) is 5.56 Å². The van der Waals surface area contributed by atoms with E-state index in [2.05, 4.69) is 28.3 Å². The highest BCUT2D eigenvalue weighted by Gasteiger charge is 2.30. The van der Waals surface area contributed by atoms with Crippen LogP contribution in [0.25, 0.3) is 0 Å². The number of amides is 1. The molecule has 1 amide bonds. The first kappa shape index (κ1) is 18.0. The second-order valence-corrected chi connectivity index (χ2v) is 7.00. The number of nitrogens with zero attached hydrogens (tertiary/aromatic N) is 1. The first-order chi connectivity index (χ1) is 13.5. The molecule has 0 radical (unpaired) electrons. The molecule has 1 atom stereocenters. The quantitative estimate of drug-likeness (QED) is 0.732. The average molecular weight is 375 g/mol. The van der Waals surface area contributed by atoms with Gasteiger partial charge in [0.25, 0.3) is 5.56 Å². The number of benzene rings is 2. The SMILES string of the molecule is Cc1nc2c(c(=O)[nH]1)C(c1ccc(OCc3ccccc3C)cc1)CC(=O)N2. The summed E-state index contributed by atoms with van der Waals surface area (Å²) in [4.78, 5) is 31.6. The van der Waals surface area contributed by atoms with Gasteiger partial charge in [0, 0.05) is 12.3 Å². The van der Waals surface area contributed by atoms with E-state index in [0.29, 0.717) is 23.8 Å². The van der Waals surface area contributed by atoms with Crippen LogP contribution in [0.15, 0.2) is 53.3 Å². The van der Waals surface area contributed by atoms with Crippen molar-refractivity contribution in [1.29, 1.82) is 0 Å². The summed E-state index contributed by atoms with van der Waals surface area (Å²) in [5, 5.41) is 2.70. The van der Waals surface area contributed by atoms with E-state index in [0.717, 1.165) is 16.9 Å². The second kappa shape index (κ2) is 7.31. The van der Waals surface area contributed by atoms with Crippen molar-refractivity contribution in [2.24, 2.45) is 0 Å². The molecule has 28 heavy (non-hydrogen) atoms. The first-order valence-corrected chi connectivity index (χ1v) is 9.19. The highest BCUT2D eigenvalue weighted by molar-refractivity contribution is 5.94. The summed E-state index contributed by atoms with van der Waals surface area (Å²) in [5.41, 5.74) is 3.49. The van der Waals surface area contributed by atoms with Gasteiger partial charge in [-0.05, 0) is 42.7 Å². The van der Waals surface area contributed by atoms with Crippen molar-refractivity contribution in [1.82, 2.24) is 9.97 Å². The average Bonchev–Trinajstić information content (AvgIpc) is 2.66. The van der Waals surface area contributed by atoms with Gasteiger partial charge in [-0.2, -0.15) is 0 Å². The van der Waals surface area contributed by atoms with Crippen LogP contribution in [0.2, 0.25) is 0 Å². The Morgan fingerprint density at radius 1 is 1.07 bits per heavy atom. The number of aromatic nitrogens is 2. The first-order valence-electron chi connectivity index (χ1n) is 9.19. The molecule has 0 bridgehead atoms. The van der Waals surface area contributed by atoms with Crippen LogP contribution in [-0.2, 0) is 11.4 Å². The number of anilines is 1. The topological polar surface area (TPSA) is 84.1 Å². The number of ether oxygens (including phenoxy) is 1. The largest absolute Gasteiger partial charge is 0.489 e. The summed E-state index contributed by atoms with van der Waals surface area (Å²) < 4.78 is 5.89. The van der Waals surface area contributed by atoms with Gasteiger partial charge in [0.05, 0.1) is 5.56 Å². The second-order valence-electron chi connectivity index (χ2n) is 7.00. The predicted molar refractivity (Wildman–Crippen MR) is 107 cm³/mol. The molecule has 6 heteroatoms. The lowest BCUT2D eigenvalue weighted by Gasteiger charge is -2.24. The molecule has 1 unspecified atom stereocenters. The molecule has 3 aromatic rings. The standard InChI is InChI=1S/C22H21N3O3/c1-13-5-3-4-6-16(13)12-28-17-9-7-15(8-10-17)18-11-19(26)25-21-20(18)22(27)24-14(2)23-21/h3-10,18H,11-12H2,1-2H3,(H2,23,24,25,26,27). The van der Waals surface area contributed by atoms with Gasteiger partial charge in [0.1, 0.15) is 24.0 Å². The Labute approximate surface area is 162 Å². The van der Waals surface area contributed by atoms with Crippen molar-refractivity contribution in [2.45, 2.75) is 32.8 Å². The molecule has 142 valence electrons. The van der Waals surface area contributed by atoms with Crippen molar-refractivity contribution in [3.63, 3.8) is 0 Å². The molecule has 0 aliphatic carbocycles. The molecule has 2 heterocycles. The fraction of sp³-hybridized carbons (Fsp3) is 0.227. The number of carbonyl (C=O) groups excluding carboxylic acids is 1. The Hall–Kier alpha value is -3.41. The van der Waals surface area contributed by atoms with Crippen LogP contribution in [0.4, 0.5) is 5.82 Å². The van der Waals surface area contributed by atoms with Crippen LogP contribution >= 0.6 is 0 Å². The van der Waals surface area contributed by atoms with Crippen molar-refractivity contribution in [2.75, 3.05) is 5.32 Å². The zero-order valence-corrected chi connectivity index (χ0v) is 15.8. The van der Waals surface area contributed by atoms with Crippen molar-refractivity contribution in [3.8, 4) is 5.75 Å². The molecule has 1 aromatic heterocycles. The molecule has 0 saturated carbocycles. The van der Waals surface area contributed by atoms with Gasteiger partial charge < -0.3 is 15.0 Å². The summed E-state index contributed by atoms with van der Waals surface area (Å²) >= 11 is 0. The lowest BCUT2D eigenvalue weighted by Crippen LogP contribution is -2.31. The molecule has 2 aromatic carbocycles. The summed E-state index contributed by atoms with van der Waals surface area (Å²) in [6.07, 6.45) is 0.213. The number of carbonyl (C=O) groups is 1. The van der Waals surface area contributed by atoms with Crippen LogP contribution in [0.5, 0.6) is 5.75 Å². The molecule has 6 nitrogen and oxygen atoms in total. The van der Waals surface area contributed by atoms with Crippen LogP contribution in [-0.4, -0.2) is 15.9 Å². The number of nitrogens with one attached hydrogen (secondary N) is 2. The molecular weight excluding hydrogens is 354 g/mol. The lowest BCUT2D eigenvalue weighted by molar-refractivity contribution is -0.116. The maximum absolute atomic E-state index is 12.5. The van der Waals surface area contributed by atoms with Crippen molar-refractivity contribution in [3.05, 3.63) is 87.0 Å². The summed E-state index contributed by atoms with van der Waals surface area (Å²) in [6, 6.07) is 15.6. The Balaban J connectivity index is 1.57. The molecule has 0 spiro atoms. The van der Waals surface area contributed by atoms with Crippen LogP contribution in [0.1, 0.15) is 40.4 Å². The van der Waals surface area contributed by atoms with Gasteiger partial charge in [0.15, 0.2) is 0 Å². The van der Waals surface area contributed by atoms with E-state index in [1.807, 2.05) is 42.5 Å². The number of aryl methyl sites for hydroxylation is 2. The summed E-state index contributed by atoms with van der Waals surface area (Å²) in [5.74, 6) is 1.09. The highest BCUT2D eigenvalue weighted by atomic mass is 16.5. The van der Waals surface area contributed by atoms with Crippen LogP contribution in [0, 0.1) is 13.8 Å². The number of hydrogen-bond donors (Lipinski definition) is 2. The minimum absolute atomic E-state index is 0.144. The van der Waals surface area contributed by atoms with Crippen LogP contribution in [0.3, 0.4) is 0 Å². The summed E-state index contributed by atoms with van der Waals surface area (Å²) in [6.45, 7) is 4.24. The number of rotatable bonds is 4. The van der Waals surface area contributed by atoms with Gasteiger partial charge in [-0.15, -0.1) is 0 Å². The number of hydrogen-bond acceptors (Lipinski definition) is 4. The molecule has 2 N–H and O–H groups in total. The van der Waals surface area contributed by atoms with Gasteiger partial charge in [-0.3, -0.25) is 9.59 Å². The van der Waals surface area contributed by atoms with E-state index >= 15 is 0 Å². The minimum atomic E-state index is -0.328. The normalized spacial score (nSPS) is 15.6. The Kier molecular flexibility index (Phi) is 4.69. The van der Waals surface area contributed by atoms with Crippen LogP contribution < -0.4 is 15.6 Å². The van der Waals surface area contributed by atoms with Crippen molar-refractivity contribution >= 4 is 11.7 Å². The molecular formula is C22H21N3O3. The van der Waals surface area contributed by atoms with Gasteiger partial charge in [0.2, 0.25) is 5.91 Å². The maximum Gasteiger partial charge on any atom is 0.256 e. The monoisotopic (exact) mass is 375 g/mol.